The molecule has 1 aliphatic heterocycles. The van der Waals surface area contributed by atoms with Crippen LogP contribution in [0.3, 0.4) is 0 Å². The van der Waals surface area contributed by atoms with Crippen LogP contribution in [0.5, 0.6) is 0 Å². The van der Waals surface area contributed by atoms with Gasteiger partial charge in [-0.2, -0.15) is 8.42 Å². The van der Waals surface area contributed by atoms with E-state index in [4.69, 9.17) is 26.6 Å². The maximum Gasteiger partial charge on any atom is 0.296 e. The first-order valence-corrected chi connectivity index (χ1v) is 9.51. The third kappa shape index (κ3) is 6.14. The van der Waals surface area contributed by atoms with E-state index in [0.29, 0.717) is 19.0 Å². The Balaban J connectivity index is 0.000000208. The molecule has 1 aromatic carbocycles. The molecule has 0 saturated carbocycles. The normalized spacial score (nSPS) is 14.3. The number of ether oxygens (including phenoxy) is 1. The van der Waals surface area contributed by atoms with Gasteiger partial charge in [-0.15, -0.1) is 0 Å². The third-order valence-corrected chi connectivity index (χ3v) is 4.70. The Kier molecular flexibility index (Phi) is 7.08. The molecule has 146 valence electrons. The molecule has 0 spiro atoms. The smallest absolute Gasteiger partial charge is 0.296 e. The highest BCUT2D eigenvalue weighted by atomic mass is 35.5. The summed E-state index contributed by atoms with van der Waals surface area (Å²) < 4.78 is 48.0. The largest absolute Gasteiger partial charge is 0.378 e. The van der Waals surface area contributed by atoms with Gasteiger partial charge in [0.1, 0.15) is 16.5 Å². The number of aromatic nitrogens is 1. The summed E-state index contributed by atoms with van der Waals surface area (Å²) in [6, 6.07) is 6.34. The number of hydrogen-bond donors (Lipinski definition) is 2. The van der Waals surface area contributed by atoms with Gasteiger partial charge in [-0.25, -0.2) is 9.37 Å². The molecule has 0 unspecified atom stereocenters. The number of nitrogens with zero attached hydrogens (tertiary/aromatic N) is 2. The van der Waals surface area contributed by atoms with Crippen LogP contribution in [0.1, 0.15) is 10.4 Å². The van der Waals surface area contributed by atoms with Crippen molar-refractivity contribution < 1.29 is 26.9 Å². The molecule has 2 heterocycles. The van der Waals surface area contributed by atoms with Gasteiger partial charge in [0, 0.05) is 13.1 Å². The van der Waals surface area contributed by atoms with Crippen molar-refractivity contribution in [2.45, 2.75) is 4.90 Å². The number of hydrogen-bond acceptors (Lipinski definition) is 6. The summed E-state index contributed by atoms with van der Waals surface area (Å²) in [6.45, 7) is 2.75. The number of pyridine rings is 1. The van der Waals surface area contributed by atoms with Crippen LogP contribution in [0.2, 0.25) is 5.02 Å². The standard InChI is InChI=1S/C9H12N2O4S.C7H5ClFNO/c12-16(13,14)8-1-2-9(10-7-8)11-3-5-15-6-4-11;8-6-3-4(9)1-2-5(6)7(10)11/h1-2,7H,3-6H2,(H,12,13,14);1-3H,(H2,10,11). The van der Waals surface area contributed by atoms with Crippen LogP contribution >= 0.6 is 11.6 Å². The Hall–Kier alpha value is -2.27. The van der Waals surface area contributed by atoms with Crippen molar-refractivity contribution in [3.8, 4) is 0 Å². The number of carbonyl (C=O) groups is 1. The lowest BCUT2D eigenvalue weighted by Gasteiger charge is -2.27. The second kappa shape index (κ2) is 9.09. The predicted molar refractivity (Wildman–Crippen MR) is 97.0 cm³/mol. The van der Waals surface area contributed by atoms with Crippen molar-refractivity contribution in [1.82, 2.24) is 4.98 Å². The van der Waals surface area contributed by atoms with E-state index >= 15 is 0 Å². The number of benzene rings is 1. The topological polar surface area (TPSA) is 123 Å². The maximum atomic E-state index is 12.4. The highest BCUT2D eigenvalue weighted by Gasteiger charge is 2.14. The zero-order chi connectivity index (χ0) is 20.0. The lowest BCUT2D eigenvalue weighted by atomic mass is 10.2. The first kappa shape index (κ1) is 21.0. The maximum absolute atomic E-state index is 12.4. The third-order valence-electron chi connectivity index (χ3n) is 3.55. The van der Waals surface area contributed by atoms with Crippen LogP contribution in [-0.2, 0) is 14.9 Å². The fourth-order valence-electron chi connectivity index (χ4n) is 2.19. The molecule has 1 fully saturated rings. The monoisotopic (exact) mass is 417 g/mol. The minimum absolute atomic E-state index is 0.0394. The van der Waals surface area contributed by atoms with Crippen molar-refractivity contribution in [1.29, 1.82) is 0 Å². The van der Waals surface area contributed by atoms with Crippen molar-refractivity contribution in [2.24, 2.45) is 5.73 Å². The number of morpholine rings is 1. The van der Waals surface area contributed by atoms with Crippen LogP contribution < -0.4 is 10.6 Å². The van der Waals surface area contributed by atoms with Crippen molar-refractivity contribution in [2.75, 3.05) is 31.2 Å². The molecule has 0 bridgehead atoms. The Morgan fingerprint density at radius 3 is 2.41 bits per heavy atom. The number of rotatable bonds is 3. The zero-order valence-corrected chi connectivity index (χ0v) is 15.6. The molecule has 3 rings (SSSR count). The summed E-state index contributed by atoms with van der Waals surface area (Å²) in [7, 11) is -4.16. The second-order valence-corrected chi connectivity index (χ2v) is 7.24. The van der Waals surface area contributed by atoms with E-state index in [1.54, 1.807) is 6.07 Å². The number of anilines is 1. The molecule has 1 amide bonds. The van der Waals surface area contributed by atoms with Gasteiger partial charge in [-0.1, -0.05) is 11.6 Å². The Labute approximate surface area is 160 Å². The molecule has 1 saturated heterocycles. The van der Waals surface area contributed by atoms with Crippen molar-refractivity contribution >= 4 is 33.4 Å². The number of amides is 1. The van der Waals surface area contributed by atoms with E-state index in [9.17, 15) is 17.6 Å². The molecule has 8 nitrogen and oxygen atoms in total. The summed E-state index contributed by atoms with van der Waals surface area (Å²) in [5.74, 6) is -0.453. The molecule has 0 radical (unpaired) electrons. The molecule has 2 aromatic rings. The van der Waals surface area contributed by atoms with E-state index in [-0.39, 0.29) is 15.5 Å². The highest BCUT2D eigenvalue weighted by molar-refractivity contribution is 7.85. The lowest BCUT2D eigenvalue weighted by Crippen LogP contribution is -2.36. The van der Waals surface area contributed by atoms with Gasteiger partial charge >= 0.3 is 0 Å². The SMILES string of the molecule is NC(=O)c1ccc(F)cc1Cl.O=S(=O)(O)c1ccc(N2CCOCC2)nc1. The van der Waals surface area contributed by atoms with Crippen LogP contribution in [0.4, 0.5) is 10.2 Å². The second-order valence-electron chi connectivity index (χ2n) is 5.42. The summed E-state index contributed by atoms with van der Waals surface area (Å²) in [5.41, 5.74) is 5.05. The first-order chi connectivity index (χ1) is 12.7. The number of carbonyl (C=O) groups excluding carboxylic acids is 1. The van der Waals surface area contributed by atoms with E-state index in [1.807, 2.05) is 4.90 Å². The molecule has 0 atom stereocenters. The lowest BCUT2D eigenvalue weighted by molar-refractivity contribution is 0.100. The van der Waals surface area contributed by atoms with E-state index < -0.39 is 21.8 Å². The average Bonchev–Trinajstić information content (AvgIpc) is 2.62. The van der Waals surface area contributed by atoms with E-state index in [0.717, 1.165) is 31.4 Å². The molecular formula is C16H17ClFN3O5S. The van der Waals surface area contributed by atoms with E-state index in [1.165, 1.54) is 12.1 Å². The molecule has 11 heteroatoms. The fraction of sp³-hybridized carbons (Fsp3) is 0.250. The molecule has 1 aliphatic rings. The Bertz CT molecular complexity index is 903. The minimum atomic E-state index is -4.16. The molecule has 0 aliphatic carbocycles. The van der Waals surface area contributed by atoms with Gasteiger partial charge in [0.2, 0.25) is 5.91 Å². The quantitative estimate of drug-likeness (QED) is 0.729. The molecule has 1 aromatic heterocycles. The molecule has 27 heavy (non-hydrogen) atoms. The summed E-state index contributed by atoms with van der Waals surface area (Å²) in [4.78, 5) is 16.4. The minimum Gasteiger partial charge on any atom is -0.378 e. The van der Waals surface area contributed by atoms with Gasteiger partial charge in [0.15, 0.2) is 0 Å². The predicted octanol–water partition coefficient (Wildman–Crippen LogP) is 1.74. The van der Waals surface area contributed by atoms with Crippen molar-refractivity contribution in [3.05, 3.63) is 52.9 Å². The number of nitrogens with two attached hydrogens (primary N) is 1. The number of primary amides is 1. The van der Waals surface area contributed by atoms with E-state index in [2.05, 4.69) is 4.98 Å². The first-order valence-electron chi connectivity index (χ1n) is 7.69. The summed E-state index contributed by atoms with van der Waals surface area (Å²) in [6.07, 6.45) is 1.15. The van der Waals surface area contributed by atoms with Gasteiger partial charge in [-0.3, -0.25) is 9.35 Å². The van der Waals surface area contributed by atoms with Gasteiger partial charge in [-0.05, 0) is 30.3 Å². The highest BCUT2D eigenvalue weighted by Crippen LogP contribution is 2.16. The zero-order valence-electron chi connectivity index (χ0n) is 14.0. The van der Waals surface area contributed by atoms with Crippen molar-refractivity contribution in [3.63, 3.8) is 0 Å². The van der Waals surface area contributed by atoms with Crippen LogP contribution in [0.15, 0.2) is 41.4 Å². The molecular weight excluding hydrogens is 401 g/mol. The number of halogens is 2. The summed E-state index contributed by atoms with van der Waals surface area (Å²) in [5, 5.41) is 0.0394. The average molecular weight is 418 g/mol. The van der Waals surface area contributed by atoms with Gasteiger partial charge < -0.3 is 15.4 Å². The Morgan fingerprint density at radius 1 is 1.26 bits per heavy atom. The van der Waals surface area contributed by atoms with Crippen LogP contribution in [-0.4, -0.2) is 50.2 Å². The van der Waals surface area contributed by atoms with Gasteiger partial charge in [0.25, 0.3) is 10.1 Å². The van der Waals surface area contributed by atoms with Gasteiger partial charge in [0.05, 0.1) is 30.0 Å². The molecule has 3 N–H and O–H groups in total. The van der Waals surface area contributed by atoms with Crippen LogP contribution in [0, 0.1) is 5.82 Å². The summed E-state index contributed by atoms with van der Waals surface area (Å²) >= 11 is 5.48. The van der Waals surface area contributed by atoms with Crippen LogP contribution in [0.25, 0.3) is 0 Å². The fourth-order valence-corrected chi connectivity index (χ4v) is 2.88. The Morgan fingerprint density at radius 2 is 1.93 bits per heavy atom.